The first-order valence-electron chi connectivity index (χ1n) is 9.05. The monoisotopic (exact) mass is 415 g/mol. The molecule has 4 rings (SSSR count). The van der Waals surface area contributed by atoms with Crippen molar-refractivity contribution in [1.29, 1.82) is 0 Å². The van der Waals surface area contributed by atoms with Crippen molar-refractivity contribution in [3.8, 4) is 11.5 Å². The van der Waals surface area contributed by atoms with E-state index in [4.69, 9.17) is 9.15 Å². The predicted molar refractivity (Wildman–Crippen MR) is 103 cm³/mol. The van der Waals surface area contributed by atoms with E-state index in [9.17, 15) is 14.0 Å². The number of hydrogen-bond acceptors (Lipinski definition) is 7. The Kier molecular flexibility index (Phi) is 5.39. The van der Waals surface area contributed by atoms with Crippen LogP contribution in [0.15, 0.2) is 40.5 Å². The first-order valence-corrected chi connectivity index (χ1v) is 9.93. The molecule has 0 bridgehead atoms. The number of carbonyl (C=O) groups is 2. The second kappa shape index (κ2) is 8.12. The van der Waals surface area contributed by atoms with E-state index in [0.717, 1.165) is 17.8 Å². The number of benzene rings is 1. The Balaban J connectivity index is 1.70. The summed E-state index contributed by atoms with van der Waals surface area (Å²) in [5, 5.41) is 2.40. The van der Waals surface area contributed by atoms with E-state index in [-0.39, 0.29) is 17.5 Å². The van der Waals surface area contributed by atoms with Gasteiger partial charge in [0.2, 0.25) is 5.89 Å². The van der Waals surface area contributed by atoms with Gasteiger partial charge in [-0.05, 0) is 31.0 Å². The van der Waals surface area contributed by atoms with Gasteiger partial charge in [-0.3, -0.25) is 4.79 Å². The molecule has 1 unspecified atom stereocenters. The van der Waals surface area contributed by atoms with E-state index in [1.807, 2.05) is 0 Å². The lowest BCUT2D eigenvalue weighted by Crippen LogP contribution is -2.30. The van der Waals surface area contributed by atoms with Crippen LogP contribution in [0.3, 0.4) is 0 Å². The van der Waals surface area contributed by atoms with E-state index in [1.165, 1.54) is 37.0 Å². The number of halogens is 1. The molecule has 1 amide bonds. The molecule has 0 aliphatic carbocycles. The molecule has 9 heteroatoms. The molecule has 1 fully saturated rings. The molecule has 2 aromatic heterocycles. The molecule has 0 N–H and O–H groups in total. The van der Waals surface area contributed by atoms with E-state index >= 15 is 0 Å². The topological polar surface area (TPSA) is 85.5 Å². The highest BCUT2D eigenvalue weighted by atomic mass is 32.1. The molecule has 1 atom stereocenters. The lowest BCUT2D eigenvalue weighted by Gasteiger charge is -2.23. The third kappa shape index (κ3) is 3.77. The van der Waals surface area contributed by atoms with Crippen LogP contribution in [0.5, 0.6) is 0 Å². The quantitative estimate of drug-likeness (QED) is 0.585. The van der Waals surface area contributed by atoms with Gasteiger partial charge in [-0.2, -0.15) is 0 Å². The Hall–Kier alpha value is -3.07. The maximum absolute atomic E-state index is 13.3. The second-order valence-corrected chi connectivity index (χ2v) is 7.48. The van der Waals surface area contributed by atoms with Crippen molar-refractivity contribution in [2.75, 3.05) is 13.7 Å². The molecule has 150 valence electrons. The summed E-state index contributed by atoms with van der Waals surface area (Å²) in [6.07, 6.45) is 4.49. The number of likely N-dealkylation sites (tertiary alicyclic amines) is 1. The summed E-state index contributed by atoms with van der Waals surface area (Å²) < 4.78 is 23.0. The number of esters is 1. The van der Waals surface area contributed by atoms with Crippen molar-refractivity contribution in [2.24, 2.45) is 0 Å². The highest BCUT2D eigenvalue weighted by molar-refractivity contribution is 7.09. The number of hydrogen-bond donors (Lipinski definition) is 0. The first-order chi connectivity index (χ1) is 14.1. The Bertz CT molecular complexity index is 1030. The predicted octanol–water partition coefficient (Wildman–Crippen LogP) is 4.03. The van der Waals surface area contributed by atoms with Crippen molar-refractivity contribution in [3.05, 3.63) is 57.9 Å². The van der Waals surface area contributed by atoms with E-state index in [1.54, 1.807) is 22.4 Å². The van der Waals surface area contributed by atoms with E-state index in [2.05, 4.69) is 9.97 Å². The number of thiazole rings is 1. The number of oxazole rings is 1. The van der Waals surface area contributed by atoms with Crippen molar-refractivity contribution < 1.29 is 23.1 Å². The molecule has 1 saturated heterocycles. The Morgan fingerprint density at radius 3 is 2.86 bits per heavy atom. The van der Waals surface area contributed by atoms with Crippen molar-refractivity contribution in [1.82, 2.24) is 14.9 Å². The molecule has 3 aromatic rings. The highest BCUT2D eigenvalue weighted by Crippen LogP contribution is 2.35. The fourth-order valence-electron chi connectivity index (χ4n) is 3.45. The van der Waals surface area contributed by atoms with Gasteiger partial charge in [0.15, 0.2) is 0 Å². The summed E-state index contributed by atoms with van der Waals surface area (Å²) in [7, 11) is 1.28. The minimum absolute atomic E-state index is 0.209. The van der Waals surface area contributed by atoms with Gasteiger partial charge in [0, 0.05) is 23.1 Å². The van der Waals surface area contributed by atoms with Gasteiger partial charge < -0.3 is 14.1 Å². The van der Waals surface area contributed by atoms with Gasteiger partial charge in [-0.1, -0.05) is 0 Å². The van der Waals surface area contributed by atoms with Crippen molar-refractivity contribution >= 4 is 23.2 Å². The molecule has 1 aliphatic heterocycles. The zero-order chi connectivity index (χ0) is 20.4. The number of amides is 1. The first kappa shape index (κ1) is 19.3. The van der Waals surface area contributed by atoms with Gasteiger partial charge >= 0.3 is 5.97 Å². The Morgan fingerprint density at radius 1 is 1.34 bits per heavy atom. The average Bonchev–Trinajstić information content (AvgIpc) is 3.52. The molecule has 7 nitrogen and oxygen atoms in total. The number of ether oxygens (including phenoxy) is 1. The molecule has 1 aromatic carbocycles. The van der Waals surface area contributed by atoms with Crippen LogP contribution in [0.4, 0.5) is 4.39 Å². The Labute approximate surface area is 170 Å². The average molecular weight is 415 g/mol. The second-order valence-electron chi connectivity index (χ2n) is 6.60. The number of carbonyl (C=O) groups excluding carboxylic acids is 2. The lowest BCUT2D eigenvalue weighted by molar-refractivity contribution is 0.0600. The van der Waals surface area contributed by atoms with Crippen LogP contribution in [-0.2, 0) is 11.4 Å². The van der Waals surface area contributed by atoms with Gasteiger partial charge in [0.25, 0.3) is 5.91 Å². The van der Waals surface area contributed by atoms with Crippen LogP contribution < -0.4 is 0 Å². The van der Waals surface area contributed by atoms with Crippen LogP contribution in [0.1, 0.15) is 50.3 Å². The smallest absolute Gasteiger partial charge is 0.337 e. The SMILES string of the molecule is COC(=O)c1cc(C(=O)N2CCCC2c2nc(CF)cs2)cc(-c2ncco2)c1. The highest BCUT2D eigenvalue weighted by Gasteiger charge is 2.33. The van der Waals surface area contributed by atoms with Gasteiger partial charge in [-0.15, -0.1) is 11.3 Å². The summed E-state index contributed by atoms with van der Waals surface area (Å²) in [4.78, 5) is 35.6. The van der Waals surface area contributed by atoms with Gasteiger partial charge in [-0.25, -0.2) is 19.2 Å². The minimum atomic E-state index is -0.627. The number of alkyl halides is 1. The maximum Gasteiger partial charge on any atom is 0.337 e. The number of rotatable bonds is 5. The standard InChI is InChI=1S/C20H18FN3O4S/c1-27-20(26)14-8-12(17-22-4-6-28-17)7-13(9-14)19(25)24-5-2-3-16(24)18-23-15(10-21)11-29-18/h4,6-9,11,16H,2-3,5,10H2,1H3. The maximum atomic E-state index is 13.3. The van der Waals surface area contributed by atoms with Gasteiger partial charge in [0.1, 0.15) is 17.9 Å². The van der Waals surface area contributed by atoms with Crippen LogP contribution in [0, 0.1) is 0 Å². The van der Waals surface area contributed by atoms with Crippen LogP contribution in [0.25, 0.3) is 11.5 Å². The van der Waals surface area contributed by atoms with Crippen LogP contribution in [0.2, 0.25) is 0 Å². The van der Waals surface area contributed by atoms with Crippen LogP contribution >= 0.6 is 11.3 Å². The van der Waals surface area contributed by atoms with Crippen molar-refractivity contribution in [2.45, 2.75) is 25.6 Å². The molecule has 0 radical (unpaired) electrons. The fourth-order valence-corrected chi connectivity index (χ4v) is 4.39. The zero-order valence-electron chi connectivity index (χ0n) is 15.6. The van der Waals surface area contributed by atoms with E-state index in [0.29, 0.717) is 29.3 Å². The summed E-state index contributed by atoms with van der Waals surface area (Å²) in [6.45, 7) is -0.0668. The number of methoxy groups -OCH3 is 1. The minimum Gasteiger partial charge on any atom is -0.465 e. The third-order valence-electron chi connectivity index (χ3n) is 4.79. The summed E-state index contributed by atoms with van der Waals surface area (Å²) in [5.74, 6) is -0.490. The largest absolute Gasteiger partial charge is 0.465 e. The Morgan fingerprint density at radius 2 is 2.17 bits per heavy atom. The number of nitrogens with zero attached hydrogens (tertiary/aromatic N) is 3. The lowest BCUT2D eigenvalue weighted by atomic mass is 10.0. The summed E-state index contributed by atoms with van der Waals surface area (Å²) >= 11 is 1.36. The molecule has 1 aliphatic rings. The third-order valence-corrected chi connectivity index (χ3v) is 5.78. The molecular weight excluding hydrogens is 397 g/mol. The molecule has 3 heterocycles. The molecule has 0 saturated carbocycles. The summed E-state index contributed by atoms with van der Waals surface area (Å²) in [6, 6.07) is 4.51. The fraction of sp³-hybridized carbons (Fsp3) is 0.300. The molecule has 0 spiro atoms. The molecular formula is C20H18FN3O4S. The van der Waals surface area contributed by atoms with Crippen molar-refractivity contribution in [3.63, 3.8) is 0 Å². The number of aromatic nitrogens is 2. The zero-order valence-corrected chi connectivity index (χ0v) is 16.4. The normalized spacial score (nSPS) is 16.2. The van der Waals surface area contributed by atoms with Gasteiger partial charge in [0.05, 0.1) is 30.6 Å². The molecule has 29 heavy (non-hydrogen) atoms. The summed E-state index contributed by atoms with van der Waals surface area (Å²) in [5.41, 5.74) is 1.45. The van der Waals surface area contributed by atoms with Crippen LogP contribution in [-0.4, -0.2) is 40.4 Å². The van der Waals surface area contributed by atoms with E-state index < -0.39 is 12.6 Å².